The first kappa shape index (κ1) is 85.6. The maximum absolute atomic E-state index is 13.1. The molecule has 0 saturated heterocycles. The van der Waals surface area contributed by atoms with E-state index >= 15 is 0 Å². The van der Waals surface area contributed by atoms with E-state index in [9.17, 15) is 19.4 Å². The summed E-state index contributed by atoms with van der Waals surface area (Å²) in [5, 5.41) is 14.0. The summed E-state index contributed by atoms with van der Waals surface area (Å²) in [6.07, 6.45) is 105. The van der Waals surface area contributed by atoms with Gasteiger partial charge in [-0.05, 0) is 103 Å². The number of allylic oxidation sites excluding steroid dienone is 21. The Hall–Kier alpha value is -3.36. The molecule has 0 fully saturated rings. The van der Waals surface area contributed by atoms with Gasteiger partial charge in [-0.1, -0.05) is 340 Å². The second-order valence-electron chi connectivity index (χ2n) is 25.9. The Bertz CT molecular complexity index is 1920. The summed E-state index contributed by atoms with van der Waals surface area (Å²) >= 11 is 0. The van der Waals surface area contributed by atoms with E-state index in [1.54, 1.807) is 6.08 Å². The molecule has 0 aliphatic heterocycles. The first-order valence-electron chi connectivity index (χ1n) is 37.1. The van der Waals surface area contributed by atoms with Crippen molar-refractivity contribution in [3.63, 3.8) is 0 Å². The van der Waals surface area contributed by atoms with Crippen molar-refractivity contribution in [1.29, 1.82) is 0 Å². The molecular weight excluding hydrogens is 1120 g/mol. The van der Waals surface area contributed by atoms with Crippen LogP contribution in [0.4, 0.5) is 0 Å². The van der Waals surface area contributed by atoms with E-state index in [4.69, 9.17) is 9.05 Å². The number of hydrogen-bond acceptors (Lipinski definition) is 5. The largest absolute Gasteiger partial charge is 0.472 e. The van der Waals surface area contributed by atoms with Crippen molar-refractivity contribution in [2.75, 3.05) is 40.9 Å². The number of nitrogens with zero attached hydrogens (tertiary/aromatic N) is 1. The van der Waals surface area contributed by atoms with Crippen molar-refractivity contribution in [3.05, 3.63) is 134 Å². The average molecular weight is 1260 g/mol. The third kappa shape index (κ3) is 71.9. The summed E-state index contributed by atoms with van der Waals surface area (Å²) in [5.74, 6) is -0.192. The van der Waals surface area contributed by atoms with Gasteiger partial charge in [-0.3, -0.25) is 13.8 Å². The number of phosphoric ester groups is 1. The quantitative estimate of drug-likeness (QED) is 0.0243. The minimum absolute atomic E-state index is 0.0503. The maximum atomic E-state index is 13.1. The van der Waals surface area contributed by atoms with Crippen molar-refractivity contribution < 1.29 is 32.9 Å². The van der Waals surface area contributed by atoms with Gasteiger partial charge in [-0.15, -0.1) is 0 Å². The lowest BCUT2D eigenvalue weighted by molar-refractivity contribution is -0.870. The summed E-state index contributed by atoms with van der Waals surface area (Å²) in [5.41, 5.74) is 0. The van der Waals surface area contributed by atoms with Crippen LogP contribution in [0, 0.1) is 0 Å². The number of rotatable bonds is 67. The summed E-state index contributed by atoms with van der Waals surface area (Å²) in [6, 6.07) is -0.876. The fourth-order valence-electron chi connectivity index (χ4n) is 10.4. The van der Waals surface area contributed by atoms with Crippen LogP contribution < -0.4 is 5.32 Å². The minimum atomic E-state index is -4.37. The summed E-state index contributed by atoms with van der Waals surface area (Å²) in [4.78, 5) is 23.4. The molecule has 0 saturated carbocycles. The van der Waals surface area contributed by atoms with Crippen LogP contribution in [0.5, 0.6) is 0 Å². The maximum Gasteiger partial charge on any atom is 0.472 e. The molecular formula is C80H142N2O6P+. The van der Waals surface area contributed by atoms with Crippen molar-refractivity contribution in [2.24, 2.45) is 0 Å². The standard InChI is InChI=1S/C80H141N2O6P/c1-6-8-10-12-14-16-18-20-22-24-26-28-30-32-34-36-37-38-39-40-41-42-43-44-45-46-48-50-52-54-56-58-60-62-64-66-68-70-72-74-80(84)81-78(77-88-89(85,86)87-76-75-82(3,4)5)79(83)73-71-69-67-65-63-61-59-57-55-53-51-49-47-35-33-31-29-27-25-23-21-19-17-15-13-11-9-7-2/h8,10,14,16,20,22,26,28,32,34,37-38,40-41,43-44,46,48,63,65,71,73,78-79,83H,6-7,9,11-13,15,17-19,21,23-25,27,29-31,33,35-36,39,42,45,47,49-62,64,66-70,72,74-77H2,1-5H3,(H-,81,84,85,86)/p+1/b10-8-,16-14-,22-20-,28-26-,34-32-,38-37-,41-40-,44-43-,48-46-,65-63+,73-71+. The van der Waals surface area contributed by atoms with Crippen molar-refractivity contribution in [1.82, 2.24) is 5.32 Å². The number of quaternary nitrogens is 1. The van der Waals surface area contributed by atoms with Gasteiger partial charge in [-0.25, -0.2) is 4.57 Å². The van der Waals surface area contributed by atoms with E-state index in [0.29, 0.717) is 17.4 Å². The van der Waals surface area contributed by atoms with E-state index in [2.05, 4.69) is 141 Å². The normalized spacial score (nSPS) is 14.4. The molecule has 3 atom stereocenters. The first-order chi connectivity index (χ1) is 43.5. The molecule has 0 aliphatic carbocycles. The average Bonchev–Trinajstić information content (AvgIpc) is 3.55. The molecule has 89 heavy (non-hydrogen) atoms. The van der Waals surface area contributed by atoms with Crippen LogP contribution in [0.3, 0.4) is 0 Å². The molecule has 0 rings (SSSR count). The number of carbonyl (C=O) groups is 1. The van der Waals surface area contributed by atoms with Gasteiger partial charge < -0.3 is 19.8 Å². The van der Waals surface area contributed by atoms with Crippen LogP contribution in [-0.4, -0.2) is 73.4 Å². The lowest BCUT2D eigenvalue weighted by atomic mass is 10.0. The minimum Gasteiger partial charge on any atom is -0.387 e. The number of aliphatic hydroxyl groups excluding tert-OH is 1. The molecule has 3 unspecified atom stereocenters. The topological polar surface area (TPSA) is 105 Å². The zero-order valence-corrected chi connectivity index (χ0v) is 59.5. The van der Waals surface area contributed by atoms with E-state index in [1.165, 1.54) is 199 Å². The first-order valence-corrected chi connectivity index (χ1v) is 38.6. The molecule has 0 spiro atoms. The predicted octanol–water partition coefficient (Wildman–Crippen LogP) is 24.2. The number of amides is 1. The highest BCUT2D eigenvalue weighted by atomic mass is 31.2. The Kier molecular flexibility index (Phi) is 66.4. The third-order valence-electron chi connectivity index (χ3n) is 16.1. The Balaban J connectivity index is 4.12. The van der Waals surface area contributed by atoms with Crippen molar-refractivity contribution in [2.45, 2.75) is 328 Å². The van der Waals surface area contributed by atoms with Crippen LogP contribution in [0.2, 0.25) is 0 Å². The number of carbonyl (C=O) groups excluding carboxylic acids is 1. The van der Waals surface area contributed by atoms with E-state index in [-0.39, 0.29) is 19.1 Å². The fraction of sp³-hybridized carbons (Fsp3) is 0.713. The molecule has 8 nitrogen and oxygen atoms in total. The van der Waals surface area contributed by atoms with Gasteiger partial charge >= 0.3 is 7.82 Å². The lowest BCUT2D eigenvalue weighted by Gasteiger charge is -2.25. The molecule has 0 bridgehead atoms. The van der Waals surface area contributed by atoms with Crippen LogP contribution >= 0.6 is 7.82 Å². The number of unbranched alkanes of at least 4 members (excludes halogenated alkanes) is 34. The monoisotopic (exact) mass is 1260 g/mol. The predicted molar refractivity (Wildman–Crippen MR) is 391 cm³/mol. The lowest BCUT2D eigenvalue weighted by Crippen LogP contribution is -2.45. The SMILES string of the molecule is CC/C=C\C/C=C\C/C=C\C/C=C\C/C=C\C/C=C\C/C=C\C/C=C\C/C=C\CCCCCCCCCCCCCC(=O)NC(COP(=O)(O)OCC[N+](C)(C)C)C(O)/C=C/CC/C=C/CCCCCCCCCCCCCCCCCCCCCCCC. The van der Waals surface area contributed by atoms with Gasteiger partial charge in [0.2, 0.25) is 5.91 Å². The molecule has 3 N–H and O–H groups in total. The number of likely N-dealkylation sites (N-methyl/N-ethyl adjacent to an activating group) is 1. The highest BCUT2D eigenvalue weighted by Crippen LogP contribution is 2.43. The van der Waals surface area contributed by atoms with E-state index in [1.807, 2.05) is 27.2 Å². The second kappa shape index (κ2) is 69.0. The Labute approximate surface area is 551 Å². The van der Waals surface area contributed by atoms with Crippen molar-refractivity contribution >= 4 is 13.7 Å². The molecule has 512 valence electrons. The van der Waals surface area contributed by atoms with Gasteiger partial charge in [0.15, 0.2) is 0 Å². The molecule has 1 amide bonds. The van der Waals surface area contributed by atoms with Crippen LogP contribution in [0.15, 0.2) is 134 Å². The Morgan fingerprint density at radius 2 is 0.685 bits per heavy atom. The van der Waals surface area contributed by atoms with Gasteiger partial charge in [0, 0.05) is 6.42 Å². The highest BCUT2D eigenvalue weighted by molar-refractivity contribution is 7.47. The second-order valence-corrected chi connectivity index (χ2v) is 27.4. The molecule has 0 radical (unpaired) electrons. The zero-order chi connectivity index (χ0) is 64.8. The number of aliphatic hydroxyl groups is 1. The molecule has 9 heteroatoms. The number of nitrogens with one attached hydrogen (secondary N) is 1. The molecule has 0 aromatic carbocycles. The van der Waals surface area contributed by atoms with E-state index in [0.717, 1.165) is 96.3 Å². The van der Waals surface area contributed by atoms with Gasteiger partial charge in [-0.2, -0.15) is 0 Å². The van der Waals surface area contributed by atoms with Crippen LogP contribution in [0.1, 0.15) is 316 Å². The van der Waals surface area contributed by atoms with Gasteiger partial charge in [0.05, 0.1) is 39.9 Å². The highest BCUT2D eigenvalue weighted by Gasteiger charge is 2.28. The fourth-order valence-corrected chi connectivity index (χ4v) is 11.1. The van der Waals surface area contributed by atoms with E-state index < -0.39 is 20.0 Å². The van der Waals surface area contributed by atoms with Crippen molar-refractivity contribution in [3.8, 4) is 0 Å². The van der Waals surface area contributed by atoms with Crippen LogP contribution in [-0.2, 0) is 18.4 Å². The third-order valence-corrected chi connectivity index (χ3v) is 17.1. The molecule has 0 aliphatic rings. The smallest absolute Gasteiger partial charge is 0.387 e. The number of hydrogen-bond donors (Lipinski definition) is 3. The zero-order valence-electron chi connectivity index (χ0n) is 58.6. The summed E-state index contributed by atoms with van der Waals surface area (Å²) in [6.45, 7) is 4.70. The van der Waals surface area contributed by atoms with Crippen LogP contribution in [0.25, 0.3) is 0 Å². The van der Waals surface area contributed by atoms with Gasteiger partial charge in [0.25, 0.3) is 0 Å². The number of phosphoric acid groups is 1. The summed E-state index contributed by atoms with van der Waals surface area (Å²) < 4.78 is 23.8. The van der Waals surface area contributed by atoms with Gasteiger partial charge in [0.1, 0.15) is 13.2 Å². The molecule has 0 heterocycles. The Morgan fingerprint density at radius 3 is 1.03 bits per heavy atom. The molecule has 0 aromatic rings. The molecule has 0 aromatic heterocycles. The Morgan fingerprint density at radius 1 is 0.393 bits per heavy atom. The summed E-state index contributed by atoms with van der Waals surface area (Å²) in [7, 11) is 1.55.